The molecule has 3 heteroatoms. The quantitative estimate of drug-likeness (QED) is 0.716. The van der Waals surface area contributed by atoms with Crippen molar-refractivity contribution < 1.29 is 9.90 Å². The zero-order chi connectivity index (χ0) is 12.1. The lowest BCUT2D eigenvalue weighted by atomic mass is 9.84. The number of aliphatic carboxylic acids is 1. The van der Waals surface area contributed by atoms with Crippen LogP contribution in [0.1, 0.15) is 53.9 Å². The molecule has 1 atom stereocenters. The zero-order valence-corrected chi connectivity index (χ0v) is 10.6. The second kappa shape index (κ2) is 6.11. The molecule has 0 spiro atoms. The highest BCUT2D eigenvalue weighted by molar-refractivity contribution is 5.67. The predicted molar refractivity (Wildman–Crippen MR) is 63.0 cm³/mol. The first-order valence-electron chi connectivity index (χ1n) is 5.79. The Labute approximate surface area is 93.3 Å². The Hall–Kier alpha value is -0.570. The van der Waals surface area contributed by atoms with E-state index in [1.807, 2.05) is 0 Å². The van der Waals surface area contributed by atoms with Crippen LogP contribution < -0.4 is 5.32 Å². The van der Waals surface area contributed by atoms with Crippen LogP contribution in [0.25, 0.3) is 0 Å². The van der Waals surface area contributed by atoms with Crippen LogP contribution in [0, 0.1) is 5.41 Å². The van der Waals surface area contributed by atoms with Crippen molar-refractivity contribution in [2.24, 2.45) is 5.41 Å². The Morgan fingerprint density at radius 2 is 1.73 bits per heavy atom. The largest absolute Gasteiger partial charge is 0.481 e. The van der Waals surface area contributed by atoms with Gasteiger partial charge in [0.15, 0.2) is 0 Å². The highest BCUT2D eigenvalue weighted by Crippen LogP contribution is 2.23. The number of hydrogen-bond donors (Lipinski definition) is 2. The molecule has 0 rings (SSSR count). The molecular weight excluding hydrogens is 190 g/mol. The number of carboxylic acids is 1. The third-order valence-electron chi connectivity index (χ3n) is 2.85. The Balaban J connectivity index is 4.43. The van der Waals surface area contributed by atoms with E-state index in [2.05, 4.69) is 39.9 Å². The SMILES string of the molecule is CCC(CC)NC(CC(=O)O)C(C)(C)C. The summed E-state index contributed by atoms with van der Waals surface area (Å²) in [5.41, 5.74) is -0.0129. The highest BCUT2D eigenvalue weighted by Gasteiger charge is 2.27. The van der Waals surface area contributed by atoms with Crippen LogP contribution in [0.4, 0.5) is 0 Å². The summed E-state index contributed by atoms with van der Waals surface area (Å²) in [6.45, 7) is 10.5. The summed E-state index contributed by atoms with van der Waals surface area (Å²) in [6.07, 6.45) is 2.28. The summed E-state index contributed by atoms with van der Waals surface area (Å²) in [5.74, 6) is -0.728. The van der Waals surface area contributed by atoms with Crippen molar-refractivity contribution >= 4 is 5.97 Å². The summed E-state index contributed by atoms with van der Waals surface area (Å²) < 4.78 is 0. The minimum Gasteiger partial charge on any atom is -0.481 e. The molecule has 3 nitrogen and oxygen atoms in total. The van der Waals surface area contributed by atoms with Crippen LogP contribution in [-0.2, 0) is 4.79 Å². The van der Waals surface area contributed by atoms with E-state index in [-0.39, 0.29) is 17.9 Å². The van der Waals surface area contributed by atoms with Crippen molar-refractivity contribution in [2.45, 2.75) is 66.0 Å². The van der Waals surface area contributed by atoms with Crippen molar-refractivity contribution in [3.8, 4) is 0 Å². The molecule has 0 bridgehead atoms. The summed E-state index contributed by atoms with van der Waals surface area (Å²) in [5, 5.41) is 12.3. The first-order chi connectivity index (χ1) is 6.81. The van der Waals surface area contributed by atoms with Gasteiger partial charge in [0.25, 0.3) is 0 Å². The van der Waals surface area contributed by atoms with Crippen molar-refractivity contribution in [3.63, 3.8) is 0 Å². The zero-order valence-electron chi connectivity index (χ0n) is 10.6. The van der Waals surface area contributed by atoms with Gasteiger partial charge in [-0.2, -0.15) is 0 Å². The molecule has 2 N–H and O–H groups in total. The van der Waals surface area contributed by atoms with Crippen LogP contribution in [0.5, 0.6) is 0 Å². The maximum atomic E-state index is 10.8. The summed E-state index contributed by atoms with van der Waals surface area (Å²) in [6, 6.07) is 0.466. The van der Waals surface area contributed by atoms with Crippen LogP contribution in [0.3, 0.4) is 0 Å². The molecular formula is C12H25NO2. The number of carboxylic acid groups (broad SMARTS) is 1. The lowest BCUT2D eigenvalue weighted by Gasteiger charge is -2.33. The average molecular weight is 215 g/mol. The fourth-order valence-electron chi connectivity index (χ4n) is 1.60. The van der Waals surface area contributed by atoms with Gasteiger partial charge in [-0.15, -0.1) is 0 Å². The molecule has 0 radical (unpaired) electrons. The van der Waals surface area contributed by atoms with Crippen molar-refractivity contribution in [1.82, 2.24) is 5.32 Å². The molecule has 0 heterocycles. The molecule has 0 aromatic heterocycles. The van der Waals surface area contributed by atoms with Crippen LogP contribution >= 0.6 is 0 Å². The second-order valence-electron chi connectivity index (χ2n) is 5.20. The van der Waals surface area contributed by atoms with Crippen LogP contribution in [0.15, 0.2) is 0 Å². The van der Waals surface area contributed by atoms with Gasteiger partial charge in [-0.05, 0) is 18.3 Å². The molecule has 0 aliphatic heterocycles. The lowest BCUT2D eigenvalue weighted by Crippen LogP contribution is -2.46. The van der Waals surface area contributed by atoms with Gasteiger partial charge >= 0.3 is 5.97 Å². The normalized spacial score (nSPS) is 14.3. The van der Waals surface area contributed by atoms with E-state index in [1.54, 1.807) is 0 Å². The molecule has 1 unspecified atom stereocenters. The number of rotatable bonds is 6. The number of hydrogen-bond acceptors (Lipinski definition) is 2. The van der Waals surface area contributed by atoms with Gasteiger partial charge in [-0.25, -0.2) is 0 Å². The first kappa shape index (κ1) is 14.4. The van der Waals surface area contributed by atoms with Gasteiger partial charge in [0, 0.05) is 12.1 Å². The maximum absolute atomic E-state index is 10.8. The molecule has 0 saturated heterocycles. The minimum absolute atomic E-state index is 0.0129. The number of carbonyl (C=O) groups is 1. The molecule has 0 amide bonds. The predicted octanol–water partition coefficient (Wildman–Crippen LogP) is 2.65. The highest BCUT2D eigenvalue weighted by atomic mass is 16.4. The van der Waals surface area contributed by atoms with E-state index in [0.29, 0.717) is 6.04 Å². The van der Waals surface area contributed by atoms with E-state index in [0.717, 1.165) is 12.8 Å². The first-order valence-corrected chi connectivity index (χ1v) is 5.79. The molecule has 0 aliphatic carbocycles. The maximum Gasteiger partial charge on any atom is 0.304 e. The van der Waals surface area contributed by atoms with E-state index >= 15 is 0 Å². The van der Waals surface area contributed by atoms with E-state index in [1.165, 1.54) is 0 Å². The van der Waals surface area contributed by atoms with E-state index < -0.39 is 5.97 Å². The minimum atomic E-state index is -0.728. The summed E-state index contributed by atoms with van der Waals surface area (Å²) in [4.78, 5) is 10.8. The summed E-state index contributed by atoms with van der Waals surface area (Å²) >= 11 is 0. The number of nitrogens with one attached hydrogen (secondary N) is 1. The van der Waals surface area contributed by atoms with Crippen molar-refractivity contribution in [3.05, 3.63) is 0 Å². The van der Waals surface area contributed by atoms with Crippen LogP contribution in [-0.4, -0.2) is 23.2 Å². The molecule has 0 aromatic rings. The summed E-state index contributed by atoms with van der Waals surface area (Å²) in [7, 11) is 0. The monoisotopic (exact) mass is 215 g/mol. The van der Waals surface area contributed by atoms with Gasteiger partial charge in [0.2, 0.25) is 0 Å². The Morgan fingerprint density at radius 3 is 2.00 bits per heavy atom. The fraction of sp³-hybridized carbons (Fsp3) is 0.917. The molecule has 0 aliphatic rings. The van der Waals surface area contributed by atoms with Gasteiger partial charge in [0.1, 0.15) is 0 Å². The third-order valence-corrected chi connectivity index (χ3v) is 2.85. The van der Waals surface area contributed by atoms with Crippen LogP contribution in [0.2, 0.25) is 0 Å². The van der Waals surface area contributed by atoms with Gasteiger partial charge in [-0.1, -0.05) is 34.6 Å². The standard InChI is InChI=1S/C12H25NO2/c1-6-9(7-2)13-10(8-11(14)15)12(3,4)5/h9-10,13H,6-8H2,1-5H3,(H,14,15). The Kier molecular flexibility index (Phi) is 5.88. The topological polar surface area (TPSA) is 49.3 Å². The third kappa shape index (κ3) is 5.78. The molecule has 90 valence electrons. The van der Waals surface area contributed by atoms with Gasteiger partial charge < -0.3 is 10.4 Å². The van der Waals surface area contributed by atoms with E-state index in [9.17, 15) is 4.79 Å². The molecule has 0 aromatic carbocycles. The molecule has 15 heavy (non-hydrogen) atoms. The lowest BCUT2D eigenvalue weighted by molar-refractivity contribution is -0.138. The van der Waals surface area contributed by atoms with E-state index in [4.69, 9.17) is 5.11 Å². The molecule has 0 fully saturated rings. The fourth-order valence-corrected chi connectivity index (χ4v) is 1.60. The Bertz CT molecular complexity index is 192. The smallest absolute Gasteiger partial charge is 0.304 e. The van der Waals surface area contributed by atoms with Gasteiger partial charge in [-0.3, -0.25) is 4.79 Å². The van der Waals surface area contributed by atoms with Gasteiger partial charge in [0.05, 0.1) is 6.42 Å². The molecule has 0 saturated carbocycles. The van der Waals surface area contributed by atoms with Crippen molar-refractivity contribution in [1.29, 1.82) is 0 Å². The Morgan fingerprint density at radius 1 is 1.27 bits per heavy atom. The second-order valence-corrected chi connectivity index (χ2v) is 5.20. The van der Waals surface area contributed by atoms with Crippen molar-refractivity contribution in [2.75, 3.05) is 0 Å². The average Bonchev–Trinajstić information content (AvgIpc) is 2.09.